The largest absolute Gasteiger partial charge is 0.487 e. The first-order valence-corrected chi connectivity index (χ1v) is 7.05. The zero-order valence-electron chi connectivity index (χ0n) is 11.6. The molecule has 0 atom stereocenters. The molecule has 0 spiro atoms. The molecular weight excluding hydrogens is 298 g/mol. The zero-order chi connectivity index (χ0) is 15.4. The number of halogens is 1. The molecule has 0 aliphatic rings. The lowest BCUT2D eigenvalue weighted by Crippen LogP contribution is -1.98. The van der Waals surface area contributed by atoms with Crippen molar-refractivity contribution in [2.75, 3.05) is 0 Å². The lowest BCUT2D eigenvalue weighted by Gasteiger charge is -2.09. The van der Waals surface area contributed by atoms with Crippen molar-refractivity contribution in [1.82, 2.24) is 9.78 Å². The number of nitriles is 1. The molecule has 0 N–H and O–H groups in total. The summed E-state index contributed by atoms with van der Waals surface area (Å²) >= 11 is 6.08. The Hall–Kier alpha value is -2.77. The number of ether oxygens (including phenoxy) is 1. The molecular formula is C17H12ClN3O. The van der Waals surface area contributed by atoms with Crippen LogP contribution in [0.15, 0.2) is 60.9 Å². The molecule has 1 aromatic heterocycles. The molecule has 0 fully saturated rings. The van der Waals surface area contributed by atoms with Crippen molar-refractivity contribution in [2.24, 2.45) is 0 Å². The highest BCUT2D eigenvalue weighted by Crippen LogP contribution is 2.26. The SMILES string of the molecule is N#Cc1ccc(OCc2ccc(-n3cccn3)cc2)c(Cl)c1. The second-order valence-electron chi connectivity index (χ2n) is 4.66. The summed E-state index contributed by atoms with van der Waals surface area (Å²) < 4.78 is 7.48. The van der Waals surface area contributed by atoms with Crippen LogP contribution in [0, 0.1) is 11.3 Å². The van der Waals surface area contributed by atoms with E-state index >= 15 is 0 Å². The molecule has 22 heavy (non-hydrogen) atoms. The first kappa shape index (κ1) is 14.2. The Morgan fingerprint density at radius 3 is 2.64 bits per heavy atom. The van der Waals surface area contributed by atoms with Gasteiger partial charge in [0.1, 0.15) is 12.4 Å². The van der Waals surface area contributed by atoms with E-state index < -0.39 is 0 Å². The van der Waals surface area contributed by atoms with Gasteiger partial charge in [-0.3, -0.25) is 0 Å². The van der Waals surface area contributed by atoms with Crippen LogP contribution in [0.2, 0.25) is 5.02 Å². The van der Waals surface area contributed by atoms with Gasteiger partial charge in [0.25, 0.3) is 0 Å². The third-order valence-corrected chi connectivity index (χ3v) is 3.46. The molecule has 108 valence electrons. The molecule has 0 unspecified atom stereocenters. The van der Waals surface area contributed by atoms with Crippen LogP contribution in [0.3, 0.4) is 0 Å². The Bertz CT molecular complexity index is 805. The minimum Gasteiger partial charge on any atom is -0.487 e. The highest BCUT2D eigenvalue weighted by atomic mass is 35.5. The Kier molecular flexibility index (Phi) is 4.08. The fourth-order valence-electron chi connectivity index (χ4n) is 2.01. The Morgan fingerprint density at radius 2 is 2.00 bits per heavy atom. The van der Waals surface area contributed by atoms with Crippen molar-refractivity contribution in [3.05, 3.63) is 77.1 Å². The second-order valence-corrected chi connectivity index (χ2v) is 5.07. The first-order valence-electron chi connectivity index (χ1n) is 6.68. The summed E-state index contributed by atoms with van der Waals surface area (Å²) in [5.41, 5.74) is 2.53. The van der Waals surface area contributed by atoms with E-state index in [1.54, 1.807) is 29.1 Å². The van der Waals surface area contributed by atoms with Gasteiger partial charge < -0.3 is 4.74 Å². The van der Waals surface area contributed by atoms with Crippen LogP contribution in [0.25, 0.3) is 5.69 Å². The van der Waals surface area contributed by atoms with Crippen LogP contribution < -0.4 is 4.74 Å². The molecule has 3 aromatic rings. The average Bonchev–Trinajstić information content (AvgIpc) is 3.08. The van der Waals surface area contributed by atoms with Gasteiger partial charge in [-0.1, -0.05) is 23.7 Å². The third kappa shape index (κ3) is 3.11. The zero-order valence-corrected chi connectivity index (χ0v) is 12.4. The molecule has 5 heteroatoms. The van der Waals surface area contributed by atoms with Gasteiger partial charge in [-0.15, -0.1) is 0 Å². The molecule has 0 aliphatic heterocycles. The maximum atomic E-state index is 8.81. The Morgan fingerprint density at radius 1 is 1.18 bits per heavy atom. The lowest BCUT2D eigenvalue weighted by atomic mass is 10.2. The Labute approximate surface area is 133 Å². The summed E-state index contributed by atoms with van der Waals surface area (Å²) in [4.78, 5) is 0. The molecule has 1 heterocycles. The van der Waals surface area contributed by atoms with Crippen LogP contribution in [-0.2, 0) is 6.61 Å². The highest BCUT2D eigenvalue weighted by molar-refractivity contribution is 6.32. The highest BCUT2D eigenvalue weighted by Gasteiger charge is 2.04. The second kappa shape index (κ2) is 6.33. The van der Waals surface area contributed by atoms with E-state index in [0.29, 0.717) is 22.9 Å². The summed E-state index contributed by atoms with van der Waals surface area (Å²) in [6.45, 7) is 0.408. The van der Waals surface area contributed by atoms with Gasteiger partial charge in [-0.25, -0.2) is 4.68 Å². The van der Waals surface area contributed by atoms with Crippen molar-refractivity contribution in [1.29, 1.82) is 5.26 Å². The molecule has 0 amide bonds. The van der Waals surface area contributed by atoms with Crippen LogP contribution >= 0.6 is 11.6 Å². The fourth-order valence-corrected chi connectivity index (χ4v) is 2.25. The lowest BCUT2D eigenvalue weighted by molar-refractivity contribution is 0.306. The van der Waals surface area contributed by atoms with E-state index in [2.05, 4.69) is 5.10 Å². The molecule has 2 aromatic carbocycles. The number of benzene rings is 2. The van der Waals surface area contributed by atoms with Gasteiger partial charge in [0, 0.05) is 12.4 Å². The van der Waals surface area contributed by atoms with Crippen LogP contribution in [0.4, 0.5) is 0 Å². The minimum absolute atomic E-state index is 0.408. The van der Waals surface area contributed by atoms with E-state index in [0.717, 1.165) is 11.3 Å². The third-order valence-electron chi connectivity index (χ3n) is 3.16. The van der Waals surface area contributed by atoms with Gasteiger partial charge in [-0.05, 0) is 42.0 Å². The predicted molar refractivity (Wildman–Crippen MR) is 84.1 cm³/mol. The van der Waals surface area contributed by atoms with E-state index in [1.807, 2.05) is 42.6 Å². The summed E-state index contributed by atoms with van der Waals surface area (Å²) in [6, 6.07) is 16.8. The smallest absolute Gasteiger partial charge is 0.138 e. The minimum atomic E-state index is 0.408. The van der Waals surface area contributed by atoms with E-state index in [1.165, 1.54) is 0 Å². The Balaban J connectivity index is 1.68. The summed E-state index contributed by atoms with van der Waals surface area (Å²) in [6.07, 6.45) is 3.63. The standard InChI is InChI=1S/C17H12ClN3O/c18-16-10-14(11-19)4-7-17(16)22-12-13-2-5-15(6-3-13)21-9-1-8-20-21/h1-10H,12H2. The normalized spacial score (nSPS) is 10.2. The van der Waals surface area contributed by atoms with Crippen LogP contribution in [0.1, 0.15) is 11.1 Å². The molecule has 0 radical (unpaired) electrons. The number of hydrogen-bond donors (Lipinski definition) is 0. The van der Waals surface area contributed by atoms with Crippen molar-refractivity contribution >= 4 is 11.6 Å². The number of aromatic nitrogens is 2. The molecule has 0 saturated heterocycles. The van der Waals surface area contributed by atoms with Crippen molar-refractivity contribution in [2.45, 2.75) is 6.61 Å². The summed E-state index contributed by atoms with van der Waals surface area (Å²) in [5.74, 6) is 0.566. The van der Waals surface area contributed by atoms with Gasteiger partial charge in [0.05, 0.1) is 22.3 Å². The van der Waals surface area contributed by atoms with E-state index in [4.69, 9.17) is 21.6 Å². The quantitative estimate of drug-likeness (QED) is 0.732. The van der Waals surface area contributed by atoms with Crippen molar-refractivity contribution < 1.29 is 4.74 Å². The first-order chi connectivity index (χ1) is 10.8. The van der Waals surface area contributed by atoms with Crippen molar-refractivity contribution in [3.63, 3.8) is 0 Å². The van der Waals surface area contributed by atoms with E-state index in [9.17, 15) is 0 Å². The van der Waals surface area contributed by atoms with Crippen molar-refractivity contribution in [3.8, 4) is 17.5 Å². The monoisotopic (exact) mass is 309 g/mol. The number of rotatable bonds is 4. The maximum Gasteiger partial charge on any atom is 0.138 e. The number of hydrogen-bond acceptors (Lipinski definition) is 3. The maximum absolute atomic E-state index is 8.81. The number of nitrogens with zero attached hydrogens (tertiary/aromatic N) is 3. The molecule has 3 rings (SSSR count). The topological polar surface area (TPSA) is 50.8 Å². The predicted octanol–water partition coefficient (Wildman–Crippen LogP) is 3.98. The summed E-state index contributed by atoms with van der Waals surface area (Å²) in [5, 5.41) is 13.4. The molecule has 0 aliphatic carbocycles. The summed E-state index contributed by atoms with van der Waals surface area (Å²) in [7, 11) is 0. The van der Waals surface area contributed by atoms with Gasteiger partial charge in [0.15, 0.2) is 0 Å². The fraction of sp³-hybridized carbons (Fsp3) is 0.0588. The van der Waals surface area contributed by atoms with Gasteiger partial charge in [0.2, 0.25) is 0 Å². The van der Waals surface area contributed by atoms with Gasteiger partial charge >= 0.3 is 0 Å². The van der Waals surface area contributed by atoms with Crippen LogP contribution in [-0.4, -0.2) is 9.78 Å². The molecule has 4 nitrogen and oxygen atoms in total. The molecule has 0 saturated carbocycles. The van der Waals surface area contributed by atoms with Crippen LogP contribution in [0.5, 0.6) is 5.75 Å². The average molecular weight is 310 g/mol. The van der Waals surface area contributed by atoms with Gasteiger partial charge in [-0.2, -0.15) is 10.4 Å². The molecule has 0 bridgehead atoms. The van der Waals surface area contributed by atoms with E-state index in [-0.39, 0.29) is 0 Å².